The van der Waals surface area contributed by atoms with Gasteiger partial charge in [0.25, 0.3) is 0 Å². The van der Waals surface area contributed by atoms with Crippen LogP contribution in [-0.2, 0) is 19.6 Å². The van der Waals surface area contributed by atoms with E-state index in [1.54, 1.807) is 0 Å². The number of benzene rings is 1. The maximum Gasteiger partial charge on any atom is 0.123 e. The highest BCUT2D eigenvalue weighted by Crippen LogP contribution is 2.22. The molecule has 2 aromatic rings. The van der Waals surface area contributed by atoms with Gasteiger partial charge < -0.3 is 14.5 Å². The third-order valence-electron chi connectivity index (χ3n) is 3.14. The maximum atomic E-state index is 5.92. The summed E-state index contributed by atoms with van der Waals surface area (Å²) in [6, 6.07) is 10.1. The Bertz CT molecular complexity index is 572. The van der Waals surface area contributed by atoms with Gasteiger partial charge in [0.15, 0.2) is 0 Å². The lowest BCUT2D eigenvalue weighted by Crippen LogP contribution is -2.03. The van der Waals surface area contributed by atoms with E-state index in [1.165, 1.54) is 0 Å². The molecule has 0 aliphatic rings. The van der Waals surface area contributed by atoms with Crippen molar-refractivity contribution in [2.45, 2.75) is 26.5 Å². The Morgan fingerprint density at radius 1 is 1.30 bits per heavy atom. The molecular weight excluding hydrogens is 250 g/mol. The Morgan fingerprint density at radius 3 is 2.85 bits per heavy atom. The smallest absolute Gasteiger partial charge is 0.123 e. The lowest BCUT2D eigenvalue weighted by molar-refractivity contribution is 0.300. The SMILES string of the molecule is C=CCc1ccccc1OCc1cc(CNC)oc1C. The molecule has 2 rings (SSSR count). The van der Waals surface area contributed by atoms with Crippen LogP contribution in [0.2, 0.25) is 0 Å². The van der Waals surface area contributed by atoms with Gasteiger partial charge in [0, 0.05) is 5.56 Å². The number of nitrogens with one attached hydrogen (secondary N) is 1. The molecule has 0 atom stereocenters. The fraction of sp³-hybridized carbons (Fsp3) is 0.294. The number of furan rings is 1. The number of rotatable bonds is 7. The molecule has 0 aliphatic heterocycles. The molecule has 0 spiro atoms. The Kier molecular flexibility index (Phi) is 5.02. The molecule has 0 unspecified atom stereocenters. The van der Waals surface area contributed by atoms with E-state index in [0.29, 0.717) is 6.61 Å². The van der Waals surface area contributed by atoms with Gasteiger partial charge in [-0.25, -0.2) is 0 Å². The van der Waals surface area contributed by atoms with Crippen molar-refractivity contribution >= 4 is 0 Å². The maximum absolute atomic E-state index is 5.92. The lowest BCUT2D eigenvalue weighted by atomic mass is 10.1. The molecule has 0 saturated heterocycles. The predicted octanol–water partition coefficient (Wildman–Crippen LogP) is 3.61. The highest BCUT2D eigenvalue weighted by molar-refractivity contribution is 5.35. The normalized spacial score (nSPS) is 10.5. The molecule has 20 heavy (non-hydrogen) atoms. The molecule has 1 aromatic heterocycles. The highest BCUT2D eigenvalue weighted by Gasteiger charge is 2.08. The van der Waals surface area contributed by atoms with Crippen molar-refractivity contribution in [1.29, 1.82) is 0 Å². The van der Waals surface area contributed by atoms with Crippen molar-refractivity contribution in [1.82, 2.24) is 5.32 Å². The first kappa shape index (κ1) is 14.4. The van der Waals surface area contributed by atoms with E-state index in [9.17, 15) is 0 Å². The molecule has 106 valence electrons. The first-order valence-corrected chi connectivity index (χ1v) is 6.79. The van der Waals surface area contributed by atoms with Gasteiger partial charge in [0.2, 0.25) is 0 Å². The third kappa shape index (κ3) is 3.52. The van der Waals surface area contributed by atoms with Crippen molar-refractivity contribution in [2.75, 3.05) is 7.05 Å². The first-order valence-electron chi connectivity index (χ1n) is 6.79. The van der Waals surface area contributed by atoms with E-state index in [0.717, 1.165) is 41.4 Å². The molecule has 3 heteroatoms. The summed E-state index contributed by atoms with van der Waals surface area (Å²) in [7, 11) is 1.90. The van der Waals surface area contributed by atoms with Gasteiger partial charge >= 0.3 is 0 Å². The Hall–Kier alpha value is -2.00. The van der Waals surface area contributed by atoms with Crippen LogP contribution in [0.25, 0.3) is 0 Å². The van der Waals surface area contributed by atoms with E-state index in [2.05, 4.69) is 18.0 Å². The van der Waals surface area contributed by atoms with Crippen LogP contribution >= 0.6 is 0 Å². The van der Waals surface area contributed by atoms with Crippen LogP contribution in [0, 0.1) is 6.92 Å². The highest BCUT2D eigenvalue weighted by atomic mass is 16.5. The molecule has 0 radical (unpaired) electrons. The van der Waals surface area contributed by atoms with E-state index < -0.39 is 0 Å². The zero-order chi connectivity index (χ0) is 14.4. The van der Waals surface area contributed by atoms with Crippen LogP contribution in [0.1, 0.15) is 22.6 Å². The van der Waals surface area contributed by atoms with E-state index in [4.69, 9.17) is 9.15 Å². The van der Waals surface area contributed by atoms with Gasteiger partial charge in [0.1, 0.15) is 23.9 Å². The number of ether oxygens (including phenoxy) is 1. The second kappa shape index (κ2) is 6.96. The van der Waals surface area contributed by atoms with Crippen molar-refractivity contribution < 1.29 is 9.15 Å². The zero-order valence-corrected chi connectivity index (χ0v) is 12.1. The summed E-state index contributed by atoms with van der Waals surface area (Å²) < 4.78 is 11.6. The van der Waals surface area contributed by atoms with Crippen molar-refractivity contribution in [3.63, 3.8) is 0 Å². The van der Waals surface area contributed by atoms with Crippen LogP contribution in [0.15, 0.2) is 47.4 Å². The monoisotopic (exact) mass is 271 g/mol. The molecule has 0 saturated carbocycles. The Balaban J connectivity index is 2.06. The molecule has 3 nitrogen and oxygen atoms in total. The standard InChI is InChI=1S/C17H21NO2/c1-4-7-14-8-5-6-9-17(14)19-12-15-10-16(11-18-3)20-13(15)2/h4-6,8-10,18H,1,7,11-12H2,2-3H3. The van der Waals surface area contributed by atoms with E-state index in [1.807, 2.05) is 44.3 Å². The van der Waals surface area contributed by atoms with E-state index in [-0.39, 0.29) is 0 Å². The predicted molar refractivity (Wildman–Crippen MR) is 80.9 cm³/mol. The van der Waals surface area contributed by atoms with Crippen LogP contribution < -0.4 is 10.1 Å². The van der Waals surface area contributed by atoms with Gasteiger partial charge in [-0.1, -0.05) is 24.3 Å². The largest absolute Gasteiger partial charge is 0.488 e. The lowest BCUT2D eigenvalue weighted by Gasteiger charge is -2.09. The molecular formula is C17H21NO2. The fourth-order valence-corrected chi connectivity index (χ4v) is 2.12. The molecule has 1 heterocycles. The van der Waals surface area contributed by atoms with Gasteiger partial charge in [-0.3, -0.25) is 0 Å². The van der Waals surface area contributed by atoms with Gasteiger partial charge in [-0.2, -0.15) is 0 Å². The Labute approximate surface area is 120 Å². The topological polar surface area (TPSA) is 34.4 Å². The average Bonchev–Trinajstić information content (AvgIpc) is 2.79. The molecule has 0 amide bonds. The number of hydrogen-bond acceptors (Lipinski definition) is 3. The van der Waals surface area contributed by atoms with Crippen molar-refractivity contribution in [3.05, 3.63) is 65.6 Å². The van der Waals surface area contributed by atoms with Crippen LogP contribution in [0.4, 0.5) is 0 Å². The third-order valence-corrected chi connectivity index (χ3v) is 3.14. The number of allylic oxidation sites excluding steroid dienone is 1. The number of hydrogen-bond donors (Lipinski definition) is 1. The zero-order valence-electron chi connectivity index (χ0n) is 12.1. The summed E-state index contributed by atoms with van der Waals surface area (Å²) in [6.07, 6.45) is 2.70. The molecule has 1 N–H and O–H groups in total. The first-order chi connectivity index (χ1) is 9.74. The van der Waals surface area contributed by atoms with Crippen molar-refractivity contribution in [2.24, 2.45) is 0 Å². The molecule has 0 aliphatic carbocycles. The summed E-state index contributed by atoms with van der Waals surface area (Å²) >= 11 is 0. The molecule has 1 aromatic carbocycles. The van der Waals surface area contributed by atoms with Crippen molar-refractivity contribution in [3.8, 4) is 5.75 Å². The quantitative estimate of drug-likeness (QED) is 0.781. The number of aryl methyl sites for hydroxylation is 1. The minimum absolute atomic E-state index is 0.521. The summed E-state index contributed by atoms with van der Waals surface area (Å²) in [5.41, 5.74) is 2.24. The Morgan fingerprint density at radius 2 is 2.10 bits per heavy atom. The summed E-state index contributed by atoms with van der Waals surface area (Å²) in [4.78, 5) is 0. The van der Waals surface area contributed by atoms with Gasteiger partial charge in [-0.05, 0) is 38.1 Å². The minimum Gasteiger partial charge on any atom is -0.488 e. The fourth-order valence-electron chi connectivity index (χ4n) is 2.12. The van der Waals surface area contributed by atoms with Crippen LogP contribution in [0.3, 0.4) is 0 Å². The van der Waals surface area contributed by atoms with Gasteiger partial charge in [0.05, 0.1) is 6.54 Å². The summed E-state index contributed by atoms with van der Waals surface area (Å²) in [5, 5.41) is 3.08. The summed E-state index contributed by atoms with van der Waals surface area (Å²) in [5.74, 6) is 2.75. The van der Waals surface area contributed by atoms with Crippen LogP contribution in [0.5, 0.6) is 5.75 Å². The molecule has 0 fully saturated rings. The van der Waals surface area contributed by atoms with E-state index >= 15 is 0 Å². The molecule has 0 bridgehead atoms. The summed E-state index contributed by atoms with van der Waals surface area (Å²) in [6.45, 7) is 6.99. The number of para-hydroxylation sites is 1. The minimum atomic E-state index is 0.521. The second-order valence-corrected chi connectivity index (χ2v) is 4.71. The van der Waals surface area contributed by atoms with Crippen LogP contribution in [-0.4, -0.2) is 7.05 Å². The average molecular weight is 271 g/mol. The van der Waals surface area contributed by atoms with Gasteiger partial charge in [-0.15, -0.1) is 6.58 Å². The second-order valence-electron chi connectivity index (χ2n) is 4.71.